The lowest BCUT2D eigenvalue weighted by Gasteiger charge is -2.03. The van der Waals surface area contributed by atoms with Crippen LogP contribution in [0, 0.1) is 0 Å². The fourth-order valence-corrected chi connectivity index (χ4v) is 2.45. The molecule has 1 aliphatic carbocycles. The van der Waals surface area contributed by atoms with Crippen LogP contribution in [0.2, 0.25) is 0 Å². The second-order valence-electron chi connectivity index (χ2n) is 4.28. The van der Waals surface area contributed by atoms with Crippen LogP contribution in [-0.2, 0) is 12.8 Å². The third kappa shape index (κ3) is 1.65. The van der Waals surface area contributed by atoms with Crippen molar-refractivity contribution in [2.24, 2.45) is 0 Å². The molecule has 1 aromatic carbocycles. The van der Waals surface area contributed by atoms with E-state index in [0.29, 0.717) is 5.75 Å². The van der Waals surface area contributed by atoms with Gasteiger partial charge in [0.25, 0.3) is 0 Å². The van der Waals surface area contributed by atoms with Gasteiger partial charge in [0.05, 0.1) is 0 Å². The Balaban J connectivity index is 2.03. The Bertz CT molecular complexity index is 586. The molecule has 0 unspecified atom stereocenters. The molecular formula is C13H14N2O2. The second-order valence-corrected chi connectivity index (χ2v) is 4.28. The van der Waals surface area contributed by atoms with E-state index in [1.807, 2.05) is 18.2 Å². The van der Waals surface area contributed by atoms with Crippen LogP contribution in [0.25, 0.3) is 10.9 Å². The van der Waals surface area contributed by atoms with E-state index in [1.54, 1.807) is 7.05 Å². The minimum absolute atomic E-state index is 0.434. The number of fused-ring (bicyclic) bond motifs is 3. The molecule has 17 heavy (non-hydrogen) atoms. The van der Waals surface area contributed by atoms with Crippen molar-refractivity contribution in [1.82, 2.24) is 10.3 Å². The van der Waals surface area contributed by atoms with Crippen molar-refractivity contribution in [3.05, 3.63) is 29.5 Å². The minimum atomic E-state index is -0.434. The maximum absolute atomic E-state index is 11.1. The van der Waals surface area contributed by atoms with Crippen LogP contribution in [0.15, 0.2) is 18.2 Å². The number of aromatic nitrogens is 1. The Labute approximate surface area is 99.0 Å². The van der Waals surface area contributed by atoms with Crippen molar-refractivity contribution in [3.8, 4) is 5.75 Å². The first kappa shape index (κ1) is 10.2. The van der Waals surface area contributed by atoms with Crippen LogP contribution >= 0.6 is 0 Å². The lowest BCUT2D eigenvalue weighted by atomic mass is 10.1. The summed E-state index contributed by atoms with van der Waals surface area (Å²) in [5, 5.41) is 3.62. The summed E-state index contributed by atoms with van der Waals surface area (Å²) in [6.07, 6.45) is 3.00. The quantitative estimate of drug-likeness (QED) is 0.790. The molecule has 4 heteroatoms. The molecule has 1 heterocycles. The van der Waals surface area contributed by atoms with Gasteiger partial charge in [-0.1, -0.05) is 0 Å². The zero-order chi connectivity index (χ0) is 11.8. The SMILES string of the molecule is CNC(=O)Oc1ccc2[nH]c3c(c2c1)CCC3. The van der Waals surface area contributed by atoms with Gasteiger partial charge in [-0.05, 0) is 43.0 Å². The number of carbonyl (C=O) groups excluding carboxylic acids is 1. The number of ether oxygens (including phenoxy) is 1. The molecule has 2 N–H and O–H groups in total. The van der Waals surface area contributed by atoms with Gasteiger partial charge in [0, 0.05) is 23.6 Å². The van der Waals surface area contributed by atoms with Crippen LogP contribution in [0.5, 0.6) is 5.75 Å². The predicted molar refractivity (Wildman–Crippen MR) is 65.4 cm³/mol. The topological polar surface area (TPSA) is 54.1 Å². The van der Waals surface area contributed by atoms with Gasteiger partial charge in [0.1, 0.15) is 5.75 Å². The van der Waals surface area contributed by atoms with E-state index in [2.05, 4.69) is 10.3 Å². The molecule has 4 nitrogen and oxygen atoms in total. The van der Waals surface area contributed by atoms with E-state index >= 15 is 0 Å². The van der Waals surface area contributed by atoms with Crippen molar-refractivity contribution < 1.29 is 9.53 Å². The third-order valence-corrected chi connectivity index (χ3v) is 3.23. The van der Waals surface area contributed by atoms with Crippen molar-refractivity contribution in [1.29, 1.82) is 0 Å². The first-order valence-electron chi connectivity index (χ1n) is 5.81. The number of aryl methyl sites for hydroxylation is 2. The largest absolute Gasteiger partial charge is 0.412 e. The molecule has 3 rings (SSSR count). The number of carbonyl (C=O) groups is 1. The van der Waals surface area contributed by atoms with E-state index in [1.165, 1.54) is 23.1 Å². The molecule has 0 aliphatic heterocycles. The minimum Gasteiger partial charge on any atom is -0.410 e. The molecule has 88 valence electrons. The number of aromatic amines is 1. The third-order valence-electron chi connectivity index (χ3n) is 3.23. The number of rotatable bonds is 1. The number of H-pyrrole nitrogens is 1. The second kappa shape index (κ2) is 3.80. The zero-order valence-corrected chi connectivity index (χ0v) is 9.67. The summed E-state index contributed by atoms with van der Waals surface area (Å²) in [6.45, 7) is 0. The molecule has 0 saturated heterocycles. The average molecular weight is 230 g/mol. The van der Waals surface area contributed by atoms with E-state index < -0.39 is 6.09 Å². The maximum Gasteiger partial charge on any atom is 0.412 e. The van der Waals surface area contributed by atoms with Crippen LogP contribution < -0.4 is 10.1 Å². The van der Waals surface area contributed by atoms with Gasteiger partial charge in [-0.3, -0.25) is 0 Å². The first-order chi connectivity index (χ1) is 8.28. The van der Waals surface area contributed by atoms with Crippen LogP contribution in [0.4, 0.5) is 4.79 Å². The fraction of sp³-hybridized carbons (Fsp3) is 0.308. The molecule has 1 aliphatic rings. The van der Waals surface area contributed by atoms with Crippen molar-refractivity contribution in [2.75, 3.05) is 7.05 Å². The van der Waals surface area contributed by atoms with Crippen molar-refractivity contribution >= 4 is 17.0 Å². The Hall–Kier alpha value is -1.97. The van der Waals surface area contributed by atoms with Gasteiger partial charge in [0.2, 0.25) is 0 Å². The predicted octanol–water partition coefficient (Wildman–Crippen LogP) is 2.37. The van der Waals surface area contributed by atoms with E-state index in [-0.39, 0.29) is 0 Å². The van der Waals surface area contributed by atoms with Gasteiger partial charge in [-0.2, -0.15) is 0 Å². The molecular weight excluding hydrogens is 216 g/mol. The van der Waals surface area contributed by atoms with Crippen LogP contribution in [-0.4, -0.2) is 18.1 Å². The Morgan fingerprint density at radius 1 is 1.41 bits per heavy atom. The van der Waals surface area contributed by atoms with E-state index in [4.69, 9.17) is 4.74 Å². The highest BCUT2D eigenvalue weighted by Crippen LogP contribution is 2.32. The molecule has 1 amide bonds. The Morgan fingerprint density at radius 2 is 2.29 bits per heavy atom. The Morgan fingerprint density at radius 3 is 3.12 bits per heavy atom. The molecule has 0 spiro atoms. The normalized spacial score (nSPS) is 13.7. The smallest absolute Gasteiger partial charge is 0.410 e. The number of hydrogen-bond acceptors (Lipinski definition) is 2. The molecule has 0 fully saturated rings. The van der Waals surface area contributed by atoms with Gasteiger partial charge < -0.3 is 15.0 Å². The maximum atomic E-state index is 11.1. The highest BCUT2D eigenvalue weighted by atomic mass is 16.5. The van der Waals surface area contributed by atoms with Gasteiger partial charge in [-0.25, -0.2) is 4.79 Å². The summed E-state index contributed by atoms with van der Waals surface area (Å²) >= 11 is 0. The van der Waals surface area contributed by atoms with Crippen molar-refractivity contribution in [3.63, 3.8) is 0 Å². The van der Waals surface area contributed by atoms with Gasteiger partial charge in [-0.15, -0.1) is 0 Å². The summed E-state index contributed by atoms with van der Waals surface area (Å²) in [5.74, 6) is 0.588. The molecule has 0 bridgehead atoms. The molecule has 0 radical (unpaired) electrons. The van der Waals surface area contributed by atoms with E-state index in [9.17, 15) is 4.79 Å². The lowest BCUT2D eigenvalue weighted by molar-refractivity contribution is 0.203. The van der Waals surface area contributed by atoms with Crippen LogP contribution in [0.3, 0.4) is 0 Å². The average Bonchev–Trinajstić information content (AvgIpc) is 2.89. The highest BCUT2D eigenvalue weighted by Gasteiger charge is 2.17. The monoisotopic (exact) mass is 230 g/mol. The summed E-state index contributed by atoms with van der Waals surface area (Å²) in [4.78, 5) is 14.6. The summed E-state index contributed by atoms with van der Waals surface area (Å²) in [5.41, 5.74) is 3.83. The van der Waals surface area contributed by atoms with Crippen LogP contribution in [0.1, 0.15) is 17.7 Å². The lowest BCUT2D eigenvalue weighted by Crippen LogP contribution is -2.21. The van der Waals surface area contributed by atoms with Crippen molar-refractivity contribution in [2.45, 2.75) is 19.3 Å². The Kier molecular flexibility index (Phi) is 2.28. The number of amides is 1. The standard InChI is InChI=1S/C13H14N2O2/c1-14-13(16)17-8-5-6-12-10(7-8)9-3-2-4-11(9)15-12/h5-7,15H,2-4H2,1H3,(H,14,16). The first-order valence-corrected chi connectivity index (χ1v) is 5.81. The van der Waals surface area contributed by atoms with Gasteiger partial charge in [0.15, 0.2) is 0 Å². The number of nitrogens with one attached hydrogen (secondary N) is 2. The fourth-order valence-electron chi connectivity index (χ4n) is 2.45. The number of benzene rings is 1. The zero-order valence-electron chi connectivity index (χ0n) is 9.67. The molecule has 0 atom stereocenters. The highest BCUT2D eigenvalue weighted by molar-refractivity contribution is 5.87. The van der Waals surface area contributed by atoms with Gasteiger partial charge >= 0.3 is 6.09 Å². The summed E-state index contributed by atoms with van der Waals surface area (Å²) in [7, 11) is 1.55. The summed E-state index contributed by atoms with van der Waals surface area (Å²) in [6, 6.07) is 5.71. The summed E-state index contributed by atoms with van der Waals surface area (Å²) < 4.78 is 5.14. The molecule has 2 aromatic rings. The molecule has 0 saturated carbocycles. The van der Waals surface area contributed by atoms with E-state index in [0.717, 1.165) is 18.4 Å². The number of hydrogen-bond donors (Lipinski definition) is 2. The molecule has 1 aromatic heterocycles.